The minimum Gasteiger partial charge on any atom is -0.377 e. The summed E-state index contributed by atoms with van der Waals surface area (Å²) in [7, 11) is 1.71. The van der Waals surface area contributed by atoms with Crippen LogP contribution in [0.2, 0.25) is 0 Å². The molecule has 0 radical (unpaired) electrons. The van der Waals surface area contributed by atoms with Gasteiger partial charge in [0.2, 0.25) is 5.91 Å². The Labute approximate surface area is 127 Å². The molecule has 2 unspecified atom stereocenters. The van der Waals surface area contributed by atoms with Gasteiger partial charge in [-0.3, -0.25) is 4.79 Å². The molecule has 0 aromatic heterocycles. The van der Waals surface area contributed by atoms with E-state index >= 15 is 0 Å². The molecule has 1 aliphatic rings. The summed E-state index contributed by atoms with van der Waals surface area (Å²) in [5, 5.41) is 0. The second kappa shape index (κ2) is 7.05. The lowest BCUT2D eigenvalue weighted by Gasteiger charge is -2.40. The number of amides is 1. The molecule has 1 heterocycles. The van der Waals surface area contributed by atoms with Crippen molar-refractivity contribution in [3.05, 3.63) is 35.9 Å². The Hall–Kier alpha value is -1.39. The lowest BCUT2D eigenvalue weighted by Crippen LogP contribution is -2.53. The largest absolute Gasteiger partial charge is 0.377 e. The quantitative estimate of drug-likeness (QED) is 0.902. The first-order chi connectivity index (χ1) is 10.0. The molecule has 0 saturated carbocycles. The molecule has 1 saturated heterocycles. The number of nitrogens with zero attached hydrogens (tertiary/aromatic N) is 1. The van der Waals surface area contributed by atoms with E-state index < -0.39 is 6.04 Å². The molecule has 1 amide bonds. The number of methoxy groups -OCH3 is 1. The zero-order valence-electron chi connectivity index (χ0n) is 13.0. The molecule has 1 fully saturated rings. The number of carbonyl (C=O) groups excluding carboxylic acids is 1. The van der Waals surface area contributed by atoms with Gasteiger partial charge >= 0.3 is 0 Å². The Morgan fingerprint density at radius 2 is 2.14 bits per heavy atom. The summed E-state index contributed by atoms with van der Waals surface area (Å²) < 4.78 is 5.53. The molecule has 116 valence electrons. The molecule has 4 nitrogen and oxygen atoms in total. The van der Waals surface area contributed by atoms with Crippen LogP contribution < -0.4 is 5.73 Å². The highest BCUT2D eigenvalue weighted by atomic mass is 16.5. The number of ether oxygens (including phenoxy) is 1. The van der Waals surface area contributed by atoms with Gasteiger partial charge in [-0.15, -0.1) is 0 Å². The van der Waals surface area contributed by atoms with E-state index in [0.717, 1.165) is 25.8 Å². The molecule has 0 spiro atoms. The third-order valence-corrected chi connectivity index (χ3v) is 4.37. The molecule has 1 aliphatic heterocycles. The van der Waals surface area contributed by atoms with Gasteiger partial charge in [0.15, 0.2) is 0 Å². The van der Waals surface area contributed by atoms with E-state index in [1.807, 2.05) is 23.1 Å². The lowest BCUT2D eigenvalue weighted by atomic mass is 9.94. The number of hydrogen-bond donors (Lipinski definition) is 1. The maximum atomic E-state index is 12.5. The van der Waals surface area contributed by atoms with Crippen LogP contribution in [0.25, 0.3) is 0 Å². The Bertz CT molecular complexity index is 463. The van der Waals surface area contributed by atoms with Gasteiger partial charge in [0.25, 0.3) is 0 Å². The highest BCUT2D eigenvalue weighted by Gasteiger charge is 2.34. The van der Waals surface area contributed by atoms with Gasteiger partial charge in [-0.25, -0.2) is 0 Å². The zero-order valence-corrected chi connectivity index (χ0v) is 13.0. The summed E-state index contributed by atoms with van der Waals surface area (Å²) in [5.41, 5.74) is 7.09. The predicted molar refractivity (Wildman–Crippen MR) is 84.0 cm³/mol. The number of hydrogen-bond acceptors (Lipinski definition) is 3. The Morgan fingerprint density at radius 3 is 2.81 bits per heavy atom. The minimum absolute atomic E-state index is 0.0499. The van der Waals surface area contributed by atoms with Crippen LogP contribution in [0.4, 0.5) is 0 Å². The fraction of sp³-hybridized carbons (Fsp3) is 0.588. The molecule has 0 aliphatic carbocycles. The van der Waals surface area contributed by atoms with Crippen molar-refractivity contribution in [3.8, 4) is 0 Å². The first-order valence-corrected chi connectivity index (χ1v) is 7.67. The van der Waals surface area contributed by atoms with Crippen molar-refractivity contribution in [2.75, 3.05) is 20.2 Å². The second-order valence-electron chi connectivity index (χ2n) is 6.15. The van der Waals surface area contributed by atoms with Crippen LogP contribution >= 0.6 is 0 Å². The van der Waals surface area contributed by atoms with Crippen molar-refractivity contribution in [3.63, 3.8) is 0 Å². The van der Waals surface area contributed by atoms with E-state index in [0.29, 0.717) is 13.0 Å². The molecule has 1 aromatic rings. The van der Waals surface area contributed by atoms with Crippen LogP contribution in [0.15, 0.2) is 30.3 Å². The molecule has 4 heteroatoms. The summed E-state index contributed by atoms with van der Waals surface area (Å²) in [6, 6.07) is 9.73. The standard InChI is InChI=1S/C17H26N2O2/c1-17(21-2)11-6-12-19(13-17)16(20)15(18)10-9-14-7-4-3-5-8-14/h3-5,7-8,15H,6,9-13,18H2,1-2H3. The zero-order chi connectivity index (χ0) is 15.3. The number of aryl methyl sites for hydroxylation is 1. The van der Waals surface area contributed by atoms with Crippen molar-refractivity contribution in [2.45, 2.75) is 44.2 Å². The summed E-state index contributed by atoms with van der Waals surface area (Å²) in [6.07, 6.45) is 3.49. The van der Waals surface area contributed by atoms with Crippen molar-refractivity contribution in [1.29, 1.82) is 0 Å². The van der Waals surface area contributed by atoms with Gasteiger partial charge in [0.05, 0.1) is 11.6 Å². The van der Waals surface area contributed by atoms with E-state index in [-0.39, 0.29) is 11.5 Å². The monoisotopic (exact) mass is 290 g/mol. The first kappa shape index (κ1) is 16.0. The smallest absolute Gasteiger partial charge is 0.239 e. The highest BCUT2D eigenvalue weighted by Crippen LogP contribution is 2.24. The van der Waals surface area contributed by atoms with Gasteiger partial charge in [0, 0.05) is 20.2 Å². The average Bonchev–Trinajstić information content (AvgIpc) is 2.53. The molecule has 1 aromatic carbocycles. The Morgan fingerprint density at radius 1 is 1.43 bits per heavy atom. The van der Waals surface area contributed by atoms with Crippen LogP contribution in [0.3, 0.4) is 0 Å². The van der Waals surface area contributed by atoms with Crippen LogP contribution in [-0.2, 0) is 16.0 Å². The molecule has 2 atom stereocenters. The molecule has 2 N–H and O–H groups in total. The van der Waals surface area contributed by atoms with Crippen molar-refractivity contribution >= 4 is 5.91 Å². The minimum atomic E-state index is -0.426. The van der Waals surface area contributed by atoms with Gasteiger partial charge in [-0.1, -0.05) is 30.3 Å². The molecule has 2 rings (SSSR count). The molecule has 21 heavy (non-hydrogen) atoms. The van der Waals surface area contributed by atoms with Crippen LogP contribution in [0, 0.1) is 0 Å². The van der Waals surface area contributed by atoms with Crippen molar-refractivity contribution in [2.24, 2.45) is 5.73 Å². The second-order valence-corrected chi connectivity index (χ2v) is 6.15. The van der Waals surface area contributed by atoms with Crippen LogP contribution in [0.1, 0.15) is 31.7 Å². The number of rotatable bonds is 5. The number of carbonyl (C=O) groups is 1. The fourth-order valence-electron chi connectivity index (χ4n) is 2.89. The fourth-order valence-corrected chi connectivity index (χ4v) is 2.89. The third kappa shape index (κ3) is 4.29. The van der Waals surface area contributed by atoms with E-state index in [4.69, 9.17) is 10.5 Å². The van der Waals surface area contributed by atoms with E-state index in [9.17, 15) is 4.79 Å². The van der Waals surface area contributed by atoms with Gasteiger partial charge in [-0.2, -0.15) is 0 Å². The van der Waals surface area contributed by atoms with Crippen molar-refractivity contribution in [1.82, 2.24) is 4.90 Å². The third-order valence-electron chi connectivity index (χ3n) is 4.37. The molecular formula is C17H26N2O2. The Kier molecular flexibility index (Phi) is 5.37. The summed E-state index contributed by atoms with van der Waals surface area (Å²) in [6.45, 7) is 3.49. The normalized spacial score (nSPS) is 23.9. The maximum absolute atomic E-state index is 12.5. The highest BCUT2D eigenvalue weighted by molar-refractivity contribution is 5.81. The van der Waals surface area contributed by atoms with Crippen LogP contribution in [-0.4, -0.2) is 42.6 Å². The van der Waals surface area contributed by atoms with E-state index in [1.54, 1.807) is 7.11 Å². The van der Waals surface area contributed by atoms with Gasteiger partial charge < -0.3 is 15.4 Å². The first-order valence-electron chi connectivity index (χ1n) is 7.67. The van der Waals surface area contributed by atoms with E-state index in [1.165, 1.54) is 5.56 Å². The predicted octanol–water partition coefficient (Wildman–Crippen LogP) is 1.97. The van der Waals surface area contributed by atoms with Crippen LogP contribution in [0.5, 0.6) is 0 Å². The number of piperidine rings is 1. The maximum Gasteiger partial charge on any atom is 0.239 e. The van der Waals surface area contributed by atoms with Gasteiger partial charge in [0.1, 0.15) is 0 Å². The number of likely N-dealkylation sites (tertiary alicyclic amines) is 1. The van der Waals surface area contributed by atoms with E-state index in [2.05, 4.69) is 19.1 Å². The molecular weight excluding hydrogens is 264 g/mol. The summed E-state index contributed by atoms with van der Waals surface area (Å²) in [4.78, 5) is 14.3. The number of benzene rings is 1. The topological polar surface area (TPSA) is 55.6 Å². The summed E-state index contributed by atoms with van der Waals surface area (Å²) in [5.74, 6) is 0.0499. The van der Waals surface area contributed by atoms with Crippen molar-refractivity contribution < 1.29 is 9.53 Å². The lowest BCUT2D eigenvalue weighted by molar-refractivity contribution is -0.140. The molecule has 0 bridgehead atoms. The Balaban J connectivity index is 1.87. The average molecular weight is 290 g/mol. The SMILES string of the molecule is COC1(C)CCCN(C(=O)C(N)CCc2ccccc2)C1. The van der Waals surface area contributed by atoms with Gasteiger partial charge in [-0.05, 0) is 38.2 Å². The number of nitrogens with two attached hydrogens (primary N) is 1. The summed E-state index contributed by atoms with van der Waals surface area (Å²) >= 11 is 0.